The second-order valence-corrected chi connectivity index (χ2v) is 6.41. The minimum absolute atomic E-state index is 0.508. The van der Waals surface area contributed by atoms with Crippen LogP contribution in [0.1, 0.15) is 25.7 Å². The molecule has 0 aliphatic heterocycles. The van der Waals surface area contributed by atoms with E-state index >= 15 is 0 Å². The van der Waals surface area contributed by atoms with Crippen LogP contribution in [-0.4, -0.2) is 28.1 Å². The summed E-state index contributed by atoms with van der Waals surface area (Å²) in [4.78, 5) is 2.85. The van der Waals surface area contributed by atoms with Crippen LogP contribution in [0.15, 0.2) is 30.5 Å². The second-order valence-electron chi connectivity index (χ2n) is 5.23. The van der Waals surface area contributed by atoms with Gasteiger partial charge in [-0.15, -0.1) is 5.10 Å². The Morgan fingerprint density at radius 3 is 2.84 bits per heavy atom. The number of anilines is 1. The molecular formula is C15H18BrN3. The number of hydrogen-bond donors (Lipinski definition) is 0. The van der Waals surface area contributed by atoms with Gasteiger partial charge in [0.2, 0.25) is 0 Å². The van der Waals surface area contributed by atoms with E-state index in [-0.39, 0.29) is 0 Å². The molecule has 1 aliphatic carbocycles. The molecule has 1 fully saturated rings. The summed E-state index contributed by atoms with van der Waals surface area (Å²) in [6, 6.07) is 8.83. The van der Waals surface area contributed by atoms with Crippen LogP contribution in [-0.2, 0) is 0 Å². The number of nitrogens with zero attached hydrogens (tertiary/aromatic N) is 3. The van der Waals surface area contributed by atoms with Crippen LogP contribution in [0.2, 0.25) is 0 Å². The number of fused-ring (bicyclic) bond motifs is 1. The molecule has 0 N–H and O–H groups in total. The van der Waals surface area contributed by atoms with Crippen LogP contribution in [0.25, 0.3) is 10.8 Å². The van der Waals surface area contributed by atoms with Gasteiger partial charge in [-0.2, -0.15) is 5.10 Å². The molecule has 1 aromatic carbocycles. The summed E-state index contributed by atoms with van der Waals surface area (Å²) in [5.74, 6) is 0.995. The highest BCUT2D eigenvalue weighted by Crippen LogP contribution is 2.32. The summed E-state index contributed by atoms with van der Waals surface area (Å²) in [5, 5.41) is 10.9. The first-order valence-corrected chi connectivity index (χ1v) is 7.76. The molecule has 0 amide bonds. The maximum Gasteiger partial charge on any atom is 0.159 e. The summed E-state index contributed by atoms with van der Waals surface area (Å²) >= 11 is 3.83. The Hall–Kier alpha value is -1.16. The molecule has 0 radical (unpaired) electrons. The van der Waals surface area contributed by atoms with Crippen LogP contribution in [0, 0.1) is 0 Å². The fourth-order valence-electron chi connectivity index (χ4n) is 2.93. The first kappa shape index (κ1) is 12.9. The van der Waals surface area contributed by atoms with Gasteiger partial charge in [-0.25, -0.2) is 0 Å². The van der Waals surface area contributed by atoms with Crippen molar-refractivity contribution < 1.29 is 0 Å². The van der Waals surface area contributed by atoms with Crippen LogP contribution in [0.3, 0.4) is 0 Å². The molecule has 1 saturated carbocycles. The molecular weight excluding hydrogens is 302 g/mol. The quantitative estimate of drug-likeness (QED) is 0.789. The Morgan fingerprint density at radius 1 is 1.21 bits per heavy atom. The van der Waals surface area contributed by atoms with Crippen molar-refractivity contribution in [2.24, 2.45) is 0 Å². The largest absolute Gasteiger partial charge is 0.354 e. The highest BCUT2D eigenvalue weighted by Gasteiger charge is 2.27. The van der Waals surface area contributed by atoms with Crippen LogP contribution < -0.4 is 4.90 Å². The second kappa shape index (κ2) is 5.45. The van der Waals surface area contributed by atoms with Crippen molar-refractivity contribution in [1.29, 1.82) is 0 Å². The topological polar surface area (TPSA) is 29.0 Å². The third-order valence-corrected chi connectivity index (χ3v) is 5.10. The summed E-state index contributed by atoms with van der Waals surface area (Å²) in [6.07, 6.45) is 6.92. The van der Waals surface area contributed by atoms with Crippen LogP contribution >= 0.6 is 15.9 Å². The molecule has 1 aliphatic rings. The predicted octanol–water partition coefficient (Wildman–Crippen LogP) is 3.77. The average molecular weight is 320 g/mol. The van der Waals surface area contributed by atoms with E-state index in [1.54, 1.807) is 0 Å². The lowest BCUT2D eigenvalue weighted by Gasteiger charge is -2.36. The van der Waals surface area contributed by atoms with Gasteiger partial charge in [0.15, 0.2) is 5.82 Å². The van der Waals surface area contributed by atoms with E-state index in [4.69, 9.17) is 0 Å². The van der Waals surface area contributed by atoms with E-state index in [9.17, 15) is 0 Å². The van der Waals surface area contributed by atoms with Gasteiger partial charge in [-0.3, -0.25) is 0 Å². The smallest absolute Gasteiger partial charge is 0.159 e. The average Bonchev–Trinajstić information content (AvgIpc) is 2.46. The molecule has 0 bridgehead atoms. The molecule has 19 heavy (non-hydrogen) atoms. The van der Waals surface area contributed by atoms with Crippen molar-refractivity contribution in [3.05, 3.63) is 30.5 Å². The molecule has 2 aromatic rings. The molecule has 100 valence electrons. The van der Waals surface area contributed by atoms with Gasteiger partial charge in [-0.05, 0) is 12.8 Å². The van der Waals surface area contributed by atoms with Crippen LogP contribution in [0.5, 0.6) is 0 Å². The third-order valence-electron chi connectivity index (χ3n) is 4.03. The molecule has 3 rings (SSSR count). The fourth-order valence-corrected chi connectivity index (χ4v) is 3.88. The standard InChI is InChI=1S/C15H18BrN3/c1-19(14-9-5-4-8-13(14)16)15-12-7-3-2-6-11(12)10-17-18-15/h2-3,6-7,10,13-14H,4-5,8-9H2,1H3. The van der Waals surface area contributed by atoms with Crippen molar-refractivity contribution in [2.75, 3.05) is 11.9 Å². The van der Waals surface area contributed by atoms with Crippen molar-refractivity contribution >= 4 is 32.5 Å². The van der Waals surface area contributed by atoms with Crippen molar-refractivity contribution in [2.45, 2.75) is 36.6 Å². The number of hydrogen-bond acceptors (Lipinski definition) is 3. The minimum Gasteiger partial charge on any atom is -0.354 e. The fraction of sp³-hybridized carbons (Fsp3) is 0.467. The molecule has 1 aromatic heterocycles. The first-order chi connectivity index (χ1) is 9.27. The lowest BCUT2D eigenvalue weighted by molar-refractivity contribution is 0.442. The summed E-state index contributed by atoms with van der Waals surface area (Å²) < 4.78 is 0. The van der Waals surface area contributed by atoms with E-state index in [0.29, 0.717) is 10.9 Å². The minimum atomic E-state index is 0.508. The number of aromatic nitrogens is 2. The van der Waals surface area contributed by atoms with Gasteiger partial charge in [-0.1, -0.05) is 53.0 Å². The van der Waals surface area contributed by atoms with Gasteiger partial charge in [0.25, 0.3) is 0 Å². The maximum atomic E-state index is 4.37. The lowest BCUT2D eigenvalue weighted by atomic mass is 9.94. The normalized spacial score (nSPS) is 23.5. The Bertz CT molecular complexity index is 567. The Morgan fingerprint density at radius 2 is 2.00 bits per heavy atom. The number of alkyl halides is 1. The SMILES string of the molecule is CN(c1nncc2ccccc12)C1CCCCC1Br. The molecule has 0 spiro atoms. The van der Waals surface area contributed by atoms with Gasteiger partial charge in [0.05, 0.1) is 6.20 Å². The highest BCUT2D eigenvalue weighted by atomic mass is 79.9. The number of benzene rings is 1. The van der Waals surface area contributed by atoms with Crippen molar-refractivity contribution in [3.8, 4) is 0 Å². The molecule has 4 heteroatoms. The Labute approximate surface area is 122 Å². The lowest BCUT2D eigenvalue weighted by Crippen LogP contribution is -2.41. The first-order valence-electron chi connectivity index (χ1n) is 6.84. The van der Waals surface area contributed by atoms with Gasteiger partial charge < -0.3 is 4.90 Å². The maximum absolute atomic E-state index is 4.37. The molecule has 1 heterocycles. The zero-order valence-electron chi connectivity index (χ0n) is 11.1. The van der Waals surface area contributed by atoms with Gasteiger partial charge in [0, 0.05) is 28.7 Å². The molecule has 2 atom stereocenters. The van der Waals surface area contributed by atoms with Crippen LogP contribution in [0.4, 0.5) is 5.82 Å². The number of rotatable bonds is 2. The molecule has 2 unspecified atom stereocenters. The van der Waals surface area contributed by atoms with Gasteiger partial charge >= 0.3 is 0 Å². The van der Waals surface area contributed by atoms with E-state index in [1.165, 1.54) is 31.1 Å². The summed E-state index contributed by atoms with van der Waals surface area (Å²) in [6.45, 7) is 0. The van der Waals surface area contributed by atoms with E-state index < -0.39 is 0 Å². The zero-order chi connectivity index (χ0) is 13.2. The number of halogens is 1. The van der Waals surface area contributed by atoms with E-state index in [1.807, 2.05) is 12.3 Å². The van der Waals surface area contributed by atoms with Gasteiger partial charge in [0.1, 0.15) is 0 Å². The van der Waals surface area contributed by atoms with Crippen molar-refractivity contribution in [3.63, 3.8) is 0 Å². The Balaban J connectivity index is 1.99. The highest BCUT2D eigenvalue weighted by molar-refractivity contribution is 9.09. The third kappa shape index (κ3) is 2.46. The van der Waals surface area contributed by atoms with E-state index in [0.717, 1.165) is 11.2 Å². The summed E-state index contributed by atoms with van der Waals surface area (Å²) in [5.41, 5.74) is 0. The Kier molecular flexibility index (Phi) is 3.69. The molecule has 3 nitrogen and oxygen atoms in total. The van der Waals surface area contributed by atoms with Crippen molar-refractivity contribution in [1.82, 2.24) is 10.2 Å². The molecule has 0 saturated heterocycles. The zero-order valence-corrected chi connectivity index (χ0v) is 12.7. The predicted molar refractivity (Wildman–Crippen MR) is 82.9 cm³/mol. The monoisotopic (exact) mass is 319 g/mol. The summed E-state index contributed by atoms with van der Waals surface area (Å²) in [7, 11) is 2.14. The van der Waals surface area contributed by atoms with E-state index in [2.05, 4.69) is 56.3 Å².